The minimum absolute atomic E-state index is 0.0411. The molecular weight excluding hydrogens is 312 g/mol. The molecule has 0 fully saturated rings. The normalized spacial score (nSPS) is 13.0. The fraction of sp³-hybridized carbons (Fsp3) is 0.562. The summed E-state index contributed by atoms with van der Waals surface area (Å²) in [5.74, 6) is 0.546. The van der Waals surface area contributed by atoms with Crippen LogP contribution in [0.1, 0.15) is 43.1 Å². The maximum Gasteiger partial charge on any atom is 0.259 e. The van der Waals surface area contributed by atoms with Crippen molar-refractivity contribution in [3.05, 3.63) is 26.6 Å². The fourth-order valence-electron chi connectivity index (χ4n) is 2.41. The van der Waals surface area contributed by atoms with Crippen molar-refractivity contribution in [3.8, 4) is 0 Å². The van der Waals surface area contributed by atoms with Gasteiger partial charge in [-0.2, -0.15) is 0 Å². The van der Waals surface area contributed by atoms with Crippen molar-refractivity contribution in [2.45, 2.75) is 46.7 Å². The molecule has 6 nitrogen and oxygen atoms in total. The van der Waals surface area contributed by atoms with Crippen LogP contribution in [0.5, 0.6) is 0 Å². The summed E-state index contributed by atoms with van der Waals surface area (Å²) in [6.45, 7) is 9.97. The zero-order valence-corrected chi connectivity index (χ0v) is 15.3. The number of amides is 1. The highest BCUT2D eigenvalue weighted by Crippen LogP contribution is 2.27. The molecule has 0 aliphatic carbocycles. The van der Waals surface area contributed by atoms with Crippen LogP contribution in [-0.4, -0.2) is 40.4 Å². The van der Waals surface area contributed by atoms with Gasteiger partial charge in [-0.15, -0.1) is 11.3 Å². The molecule has 0 aliphatic heterocycles. The van der Waals surface area contributed by atoms with E-state index in [0.717, 1.165) is 15.3 Å². The quantitative estimate of drug-likeness (QED) is 0.877. The third-order valence-electron chi connectivity index (χ3n) is 3.96. The second kappa shape index (κ2) is 6.80. The minimum Gasteiger partial charge on any atom is -0.353 e. The van der Waals surface area contributed by atoms with Crippen LogP contribution in [0.4, 0.5) is 0 Å². The Morgan fingerprint density at radius 1 is 1.35 bits per heavy atom. The molecule has 1 amide bonds. The van der Waals surface area contributed by atoms with Gasteiger partial charge in [0.15, 0.2) is 0 Å². The molecular formula is C16H24N4O2S. The number of thiophene rings is 1. The lowest BCUT2D eigenvalue weighted by atomic mass is 10.2. The van der Waals surface area contributed by atoms with Gasteiger partial charge in [0, 0.05) is 10.9 Å². The first-order chi connectivity index (χ1) is 10.7. The summed E-state index contributed by atoms with van der Waals surface area (Å²) in [4.78, 5) is 35.4. The number of carbonyl (C=O) groups is 1. The van der Waals surface area contributed by atoms with Crippen LogP contribution in [0.2, 0.25) is 0 Å². The first kappa shape index (κ1) is 17.6. The zero-order valence-electron chi connectivity index (χ0n) is 14.5. The molecule has 0 unspecified atom stereocenters. The maximum absolute atomic E-state index is 12.3. The van der Waals surface area contributed by atoms with Gasteiger partial charge in [-0.05, 0) is 47.2 Å². The summed E-state index contributed by atoms with van der Waals surface area (Å²) in [6.07, 6.45) is 0. The average Bonchev–Trinajstić information content (AvgIpc) is 2.72. The largest absolute Gasteiger partial charge is 0.353 e. The Hall–Kier alpha value is -1.73. The summed E-state index contributed by atoms with van der Waals surface area (Å²) in [5.41, 5.74) is 0.876. The van der Waals surface area contributed by atoms with E-state index in [9.17, 15) is 9.59 Å². The summed E-state index contributed by atoms with van der Waals surface area (Å²) in [5, 5.41) is 3.53. The molecule has 0 saturated carbocycles. The van der Waals surface area contributed by atoms with Gasteiger partial charge in [-0.3, -0.25) is 14.5 Å². The number of aromatic amines is 1. The van der Waals surface area contributed by atoms with Gasteiger partial charge in [0.2, 0.25) is 5.91 Å². The Kier molecular flexibility index (Phi) is 5.21. The number of likely N-dealkylation sites (N-methyl/N-ethyl adjacent to an activating group) is 1. The van der Waals surface area contributed by atoms with Gasteiger partial charge >= 0.3 is 0 Å². The van der Waals surface area contributed by atoms with Crippen molar-refractivity contribution < 1.29 is 4.79 Å². The van der Waals surface area contributed by atoms with Crippen molar-refractivity contribution in [3.63, 3.8) is 0 Å². The molecule has 2 aromatic heterocycles. The molecule has 23 heavy (non-hydrogen) atoms. The Labute approximate surface area is 139 Å². The maximum atomic E-state index is 12.3. The second-order valence-corrected chi connectivity index (χ2v) is 7.43. The van der Waals surface area contributed by atoms with E-state index < -0.39 is 0 Å². The van der Waals surface area contributed by atoms with Gasteiger partial charge < -0.3 is 10.3 Å². The Balaban J connectivity index is 2.25. The number of nitrogens with one attached hydrogen (secondary N) is 2. The number of H-pyrrole nitrogens is 1. The lowest BCUT2D eigenvalue weighted by Crippen LogP contribution is -2.39. The Morgan fingerprint density at radius 2 is 2.00 bits per heavy atom. The molecule has 0 bridgehead atoms. The van der Waals surface area contributed by atoms with Crippen LogP contribution in [0.15, 0.2) is 4.79 Å². The monoisotopic (exact) mass is 336 g/mol. The molecule has 2 aromatic rings. The fourth-order valence-corrected chi connectivity index (χ4v) is 3.45. The van der Waals surface area contributed by atoms with E-state index in [1.807, 2.05) is 46.6 Å². The SMILES string of the molecule is Cc1sc2nc([C@@H](C)N(C)CC(=O)NC(C)C)[nH]c(=O)c2c1C. The van der Waals surface area contributed by atoms with Crippen molar-refractivity contribution in [2.24, 2.45) is 0 Å². The number of aryl methyl sites for hydroxylation is 2. The first-order valence-electron chi connectivity index (χ1n) is 7.70. The molecule has 2 rings (SSSR count). The van der Waals surface area contributed by atoms with Crippen LogP contribution in [-0.2, 0) is 4.79 Å². The molecule has 126 valence electrons. The van der Waals surface area contributed by atoms with E-state index in [2.05, 4.69) is 15.3 Å². The highest BCUT2D eigenvalue weighted by atomic mass is 32.1. The molecule has 2 N–H and O–H groups in total. The number of nitrogens with zero attached hydrogens (tertiary/aromatic N) is 2. The molecule has 0 radical (unpaired) electrons. The standard InChI is InChI=1S/C16H24N4O2S/c1-8(2)17-12(21)7-20(6)10(4)14-18-15(22)13-9(3)11(5)23-16(13)19-14/h8,10H,7H2,1-6H3,(H,17,21)(H,18,19,22)/t10-/m1/s1. The number of carbonyl (C=O) groups excluding carboxylic acids is 1. The third-order valence-corrected chi connectivity index (χ3v) is 5.06. The Morgan fingerprint density at radius 3 is 2.61 bits per heavy atom. The second-order valence-electron chi connectivity index (χ2n) is 6.23. The molecule has 0 spiro atoms. The first-order valence-corrected chi connectivity index (χ1v) is 8.51. The van der Waals surface area contributed by atoms with Gasteiger partial charge in [-0.1, -0.05) is 0 Å². The molecule has 0 aromatic carbocycles. The topological polar surface area (TPSA) is 78.1 Å². The Bertz CT molecular complexity index is 778. The zero-order chi connectivity index (χ0) is 17.3. The number of hydrogen-bond acceptors (Lipinski definition) is 5. The average molecular weight is 336 g/mol. The predicted octanol–water partition coefficient (Wildman–Crippen LogP) is 2.12. The van der Waals surface area contributed by atoms with Crippen molar-refractivity contribution >= 4 is 27.5 Å². The van der Waals surface area contributed by atoms with Gasteiger partial charge in [0.1, 0.15) is 10.7 Å². The van der Waals surface area contributed by atoms with E-state index in [1.165, 1.54) is 11.3 Å². The predicted molar refractivity (Wildman–Crippen MR) is 94.0 cm³/mol. The van der Waals surface area contributed by atoms with Gasteiger partial charge in [-0.25, -0.2) is 4.98 Å². The molecule has 7 heteroatoms. The number of fused-ring (bicyclic) bond motifs is 1. The lowest BCUT2D eigenvalue weighted by Gasteiger charge is -2.23. The van der Waals surface area contributed by atoms with Crippen LogP contribution in [0.3, 0.4) is 0 Å². The van der Waals surface area contributed by atoms with E-state index in [4.69, 9.17) is 0 Å². The van der Waals surface area contributed by atoms with Crippen molar-refractivity contribution in [1.82, 2.24) is 20.2 Å². The smallest absolute Gasteiger partial charge is 0.259 e. The number of aromatic nitrogens is 2. The lowest BCUT2D eigenvalue weighted by molar-refractivity contribution is -0.122. The van der Waals surface area contributed by atoms with Crippen LogP contribution in [0.25, 0.3) is 10.2 Å². The van der Waals surface area contributed by atoms with E-state index in [1.54, 1.807) is 0 Å². The van der Waals surface area contributed by atoms with Crippen molar-refractivity contribution in [1.29, 1.82) is 0 Å². The van der Waals surface area contributed by atoms with Crippen LogP contribution >= 0.6 is 11.3 Å². The van der Waals surface area contributed by atoms with E-state index >= 15 is 0 Å². The number of rotatable bonds is 5. The summed E-state index contributed by atoms with van der Waals surface area (Å²) in [6, 6.07) is -0.0507. The van der Waals surface area contributed by atoms with Crippen molar-refractivity contribution in [2.75, 3.05) is 13.6 Å². The highest BCUT2D eigenvalue weighted by molar-refractivity contribution is 7.18. The number of hydrogen-bond donors (Lipinski definition) is 2. The minimum atomic E-state index is -0.160. The van der Waals surface area contributed by atoms with Crippen LogP contribution < -0.4 is 10.9 Å². The summed E-state index contributed by atoms with van der Waals surface area (Å²) < 4.78 is 0. The summed E-state index contributed by atoms with van der Waals surface area (Å²) in [7, 11) is 1.85. The highest BCUT2D eigenvalue weighted by Gasteiger charge is 2.20. The third kappa shape index (κ3) is 3.79. The summed E-state index contributed by atoms with van der Waals surface area (Å²) >= 11 is 1.53. The van der Waals surface area contributed by atoms with E-state index in [-0.39, 0.29) is 30.1 Å². The molecule has 0 saturated heterocycles. The van der Waals surface area contributed by atoms with E-state index in [0.29, 0.717) is 11.2 Å². The van der Waals surface area contributed by atoms with Gasteiger partial charge in [0.25, 0.3) is 5.56 Å². The molecule has 2 heterocycles. The molecule has 0 aliphatic rings. The molecule has 1 atom stereocenters. The van der Waals surface area contributed by atoms with Gasteiger partial charge in [0.05, 0.1) is 18.0 Å². The van der Waals surface area contributed by atoms with Crippen LogP contribution in [0, 0.1) is 13.8 Å².